The van der Waals surface area contributed by atoms with Gasteiger partial charge in [-0.25, -0.2) is 4.79 Å². The van der Waals surface area contributed by atoms with Crippen molar-refractivity contribution in [1.29, 1.82) is 0 Å². The van der Waals surface area contributed by atoms with Crippen molar-refractivity contribution < 1.29 is 18.7 Å². The molecule has 2 heterocycles. The molecule has 144 valence electrons. The number of fused-ring (bicyclic) bond motifs is 2. The van der Waals surface area contributed by atoms with Gasteiger partial charge in [0.2, 0.25) is 0 Å². The van der Waals surface area contributed by atoms with Gasteiger partial charge in [-0.1, -0.05) is 25.1 Å². The maximum atomic E-state index is 12.9. The van der Waals surface area contributed by atoms with E-state index in [1.54, 1.807) is 18.4 Å². The van der Waals surface area contributed by atoms with E-state index in [1.807, 2.05) is 24.3 Å². The van der Waals surface area contributed by atoms with Crippen LogP contribution in [0.3, 0.4) is 0 Å². The minimum absolute atomic E-state index is 0.258. The lowest BCUT2D eigenvalue weighted by molar-refractivity contribution is -0.124. The summed E-state index contributed by atoms with van der Waals surface area (Å²) < 4.78 is 10.5. The number of furan rings is 1. The molecule has 1 amide bonds. The van der Waals surface area contributed by atoms with Crippen LogP contribution in [0.1, 0.15) is 40.7 Å². The van der Waals surface area contributed by atoms with Crippen LogP contribution in [0.25, 0.3) is 10.9 Å². The molecule has 0 radical (unpaired) electrons. The third kappa shape index (κ3) is 3.76. The molecule has 1 atom stereocenters. The maximum absolute atomic E-state index is 12.9. The molecule has 1 aliphatic carbocycles. The van der Waals surface area contributed by atoms with E-state index in [4.69, 9.17) is 14.1 Å². The van der Waals surface area contributed by atoms with Crippen molar-refractivity contribution in [1.82, 2.24) is 10.3 Å². The zero-order valence-electron chi connectivity index (χ0n) is 15.7. The van der Waals surface area contributed by atoms with Crippen molar-refractivity contribution in [2.45, 2.75) is 32.7 Å². The van der Waals surface area contributed by atoms with Crippen LogP contribution in [-0.2, 0) is 28.9 Å². The summed E-state index contributed by atoms with van der Waals surface area (Å²) in [6, 6.07) is 11.1. The Balaban J connectivity index is 1.53. The Hall–Kier alpha value is -3.15. The number of carbonyl (C=O) groups excluding carboxylic acids is 2. The van der Waals surface area contributed by atoms with E-state index < -0.39 is 5.97 Å². The van der Waals surface area contributed by atoms with Gasteiger partial charge in [0.05, 0.1) is 23.9 Å². The van der Waals surface area contributed by atoms with Gasteiger partial charge in [-0.15, -0.1) is 0 Å². The van der Waals surface area contributed by atoms with Crippen molar-refractivity contribution in [3.63, 3.8) is 0 Å². The highest BCUT2D eigenvalue weighted by Crippen LogP contribution is 2.31. The number of nitrogens with one attached hydrogen (secondary N) is 1. The number of ether oxygens (including phenoxy) is 1. The summed E-state index contributed by atoms with van der Waals surface area (Å²) in [6.07, 6.45) is 4.25. The molecule has 0 fully saturated rings. The molecule has 6 nitrogen and oxygen atoms in total. The standard InChI is InChI=1S/C22H22N2O4/c1-14-8-9-19-17(11-14)21(16-6-2-3-7-18(16)24-19)22(26)28-13-20(25)23-12-15-5-4-10-27-15/h2-7,10,14H,8-9,11-13H2,1H3,(H,23,25)/t14-/m1/s1. The topological polar surface area (TPSA) is 81.4 Å². The highest BCUT2D eigenvalue weighted by atomic mass is 16.5. The van der Waals surface area contributed by atoms with Gasteiger partial charge in [0.15, 0.2) is 6.61 Å². The normalized spacial score (nSPS) is 15.8. The molecule has 0 saturated heterocycles. The molecule has 1 N–H and O–H groups in total. The van der Waals surface area contributed by atoms with Crippen LogP contribution in [0.2, 0.25) is 0 Å². The second kappa shape index (κ2) is 7.84. The number of aryl methyl sites for hydroxylation is 1. The number of esters is 1. The first-order valence-corrected chi connectivity index (χ1v) is 9.48. The van der Waals surface area contributed by atoms with Gasteiger partial charge < -0.3 is 14.5 Å². The van der Waals surface area contributed by atoms with Crippen molar-refractivity contribution in [3.8, 4) is 0 Å². The molecule has 6 heteroatoms. The predicted molar refractivity (Wildman–Crippen MR) is 104 cm³/mol. The maximum Gasteiger partial charge on any atom is 0.339 e. The van der Waals surface area contributed by atoms with Crippen LogP contribution >= 0.6 is 0 Å². The van der Waals surface area contributed by atoms with Gasteiger partial charge in [-0.2, -0.15) is 0 Å². The fourth-order valence-electron chi connectivity index (χ4n) is 3.65. The number of carbonyl (C=O) groups is 2. The number of aromatic nitrogens is 1. The molecule has 28 heavy (non-hydrogen) atoms. The zero-order chi connectivity index (χ0) is 19.5. The van der Waals surface area contributed by atoms with Crippen LogP contribution in [0.5, 0.6) is 0 Å². The number of benzene rings is 1. The number of rotatable bonds is 5. The average Bonchev–Trinajstić information content (AvgIpc) is 3.22. The minimum atomic E-state index is -0.475. The van der Waals surface area contributed by atoms with E-state index in [2.05, 4.69) is 12.2 Å². The van der Waals surface area contributed by atoms with E-state index in [0.29, 0.717) is 17.2 Å². The molecule has 4 rings (SSSR count). The quantitative estimate of drug-likeness (QED) is 0.688. The largest absolute Gasteiger partial charge is 0.467 e. The molecular weight excluding hydrogens is 356 g/mol. The van der Waals surface area contributed by atoms with Gasteiger partial charge in [0, 0.05) is 11.1 Å². The van der Waals surface area contributed by atoms with Crippen molar-refractivity contribution in [2.24, 2.45) is 5.92 Å². The van der Waals surface area contributed by atoms with E-state index in [9.17, 15) is 9.59 Å². The van der Waals surface area contributed by atoms with Gasteiger partial charge in [0.1, 0.15) is 5.76 Å². The number of nitrogens with zero attached hydrogens (tertiary/aromatic N) is 1. The first-order valence-electron chi connectivity index (χ1n) is 9.48. The van der Waals surface area contributed by atoms with E-state index >= 15 is 0 Å². The predicted octanol–water partition coefficient (Wildman–Crippen LogP) is 3.43. The first-order chi connectivity index (χ1) is 13.6. The summed E-state index contributed by atoms with van der Waals surface area (Å²) in [5, 5.41) is 3.45. The third-order valence-corrected chi connectivity index (χ3v) is 5.08. The average molecular weight is 378 g/mol. The zero-order valence-corrected chi connectivity index (χ0v) is 15.7. The molecule has 3 aromatic rings. The van der Waals surface area contributed by atoms with Crippen molar-refractivity contribution in [2.75, 3.05) is 6.61 Å². The SMILES string of the molecule is C[C@@H]1CCc2nc3ccccc3c(C(=O)OCC(=O)NCc3ccco3)c2C1. The smallest absolute Gasteiger partial charge is 0.339 e. The van der Waals surface area contributed by atoms with Crippen LogP contribution in [0.15, 0.2) is 47.1 Å². The summed E-state index contributed by atoms with van der Waals surface area (Å²) >= 11 is 0. The number of pyridine rings is 1. The Labute approximate surface area is 162 Å². The lowest BCUT2D eigenvalue weighted by Crippen LogP contribution is -2.29. The van der Waals surface area contributed by atoms with Gasteiger partial charge in [-0.3, -0.25) is 9.78 Å². The monoisotopic (exact) mass is 378 g/mol. The molecule has 0 spiro atoms. The Morgan fingerprint density at radius 3 is 2.93 bits per heavy atom. The van der Waals surface area contributed by atoms with Gasteiger partial charge in [-0.05, 0) is 48.9 Å². The molecule has 0 bridgehead atoms. The van der Waals surface area contributed by atoms with Gasteiger partial charge >= 0.3 is 5.97 Å². The van der Waals surface area contributed by atoms with Crippen LogP contribution < -0.4 is 5.32 Å². The van der Waals surface area contributed by atoms with Gasteiger partial charge in [0.25, 0.3) is 5.91 Å². The number of hydrogen-bond acceptors (Lipinski definition) is 5. The molecular formula is C22H22N2O4. The molecule has 0 saturated carbocycles. The number of para-hydroxylation sites is 1. The summed E-state index contributed by atoms with van der Waals surface area (Å²) in [5.41, 5.74) is 3.25. The fraction of sp³-hybridized carbons (Fsp3) is 0.318. The fourth-order valence-corrected chi connectivity index (χ4v) is 3.65. The molecule has 2 aromatic heterocycles. The number of amides is 1. The Bertz CT molecular complexity index is 1010. The van der Waals surface area contributed by atoms with E-state index in [-0.39, 0.29) is 19.1 Å². The Morgan fingerprint density at radius 2 is 2.11 bits per heavy atom. The Morgan fingerprint density at radius 1 is 1.25 bits per heavy atom. The van der Waals surface area contributed by atoms with E-state index in [0.717, 1.165) is 41.4 Å². The highest BCUT2D eigenvalue weighted by molar-refractivity contribution is 6.05. The lowest BCUT2D eigenvalue weighted by Gasteiger charge is -2.24. The summed E-state index contributed by atoms with van der Waals surface area (Å²) in [4.78, 5) is 29.7. The van der Waals surface area contributed by atoms with Crippen LogP contribution in [0.4, 0.5) is 0 Å². The Kier molecular flexibility index (Phi) is 5.10. The second-order valence-electron chi connectivity index (χ2n) is 7.21. The first kappa shape index (κ1) is 18.2. The number of hydrogen-bond donors (Lipinski definition) is 1. The molecule has 1 aliphatic rings. The molecule has 0 unspecified atom stereocenters. The molecule has 1 aromatic carbocycles. The highest BCUT2D eigenvalue weighted by Gasteiger charge is 2.26. The summed E-state index contributed by atoms with van der Waals surface area (Å²) in [6.45, 7) is 2.10. The van der Waals surface area contributed by atoms with Crippen molar-refractivity contribution >= 4 is 22.8 Å². The second-order valence-corrected chi connectivity index (χ2v) is 7.21. The summed E-state index contributed by atoms with van der Waals surface area (Å²) in [5.74, 6) is 0.281. The molecule has 0 aliphatic heterocycles. The van der Waals surface area contributed by atoms with E-state index in [1.165, 1.54) is 0 Å². The minimum Gasteiger partial charge on any atom is -0.467 e. The third-order valence-electron chi connectivity index (χ3n) is 5.08. The van der Waals surface area contributed by atoms with Crippen molar-refractivity contribution in [3.05, 3.63) is 65.2 Å². The summed E-state index contributed by atoms with van der Waals surface area (Å²) in [7, 11) is 0. The van der Waals surface area contributed by atoms with Crippen LogP contribution in [0, 0.1) is 5.92 Å². The van der Waals surface area contributed by atoms with Crippen LogP contribution in [-0.4, -0.2) is 23.5 Å². The lowest BCUT2D eigenvalue weighted by atomic mass is 9.84.